The number of hydrogen-bond acceptors (Lipinski definition) is 7. The summed E-state index contributed by atoms with van der Waals surface area (Å²) >= 11 is 0. The van der Waals surface area contributed by atoms with Crippen molar-refractivity contribution >= 4 is 29.6 Å². The normalized spacial score (nSPS) is 31.8. The van der Waals surface area contributed by atoms with E-state index in [4.69, 9.17) is 0 Å². The highest BCUT2D eigenvalue weighted by atomic mass is 16.2. The molecule has 28 heavy (non-hydrogen) atoms. The number of hydrogen-bond donors (Lipinski definition) is 2. The van der Waals surface area contributed by atoms with Crippen LogP contribution in [-0.2, 0) is 25.7 Å². The summed E-state index contributed by atoms with van der Waals surface area (Å²) in [6.07, 6.45) is 2.07. The molecule has 0 radical (unpaired) electrons. The Kier molecular flexibility index (Phi) is 4.06. The van der Waals surface area contributed by atoms with Crippen LogP contribution in [0.25, 0.3) is 0 Å². The summed E-state index contributed by atoms with van der Waals surface area (Å²) < 4.78 is 0. The summed E-state index contributed by atoms with van der Waals surface area (Å²) in [5.41, 5.74) is 2.82. The molecule has 3 saturated heterocycles. The quantitative estimate of drug-likeness (QED) is 0.418. The zero-order valence-electron chi connectivity index (χ0n) is 15.4. The van der Waals surface area contributed by atoms with Gasteiger partial charge in [-0.2, -0.15) is 0 Å². The molecule has 0 saturated carbocycles. The molecule has 5 rings (SSSR count). The van der Waals surface area contributed by atoms with E-state index in [-0.39, 0.29) is 18.2 Å². The number of ketones is 1. The van der Waals surface area contributed by atoms with Gasteiger partial charge >= 0.3 is 0 Å². The second kappa shape index (κ2) is 6.49. The van der Waals surface area contributed by atoms with E-state index in [1.165, 1.54) is 0 Å². The molecule has 4 unspecified atom stereocenters. The maximum absolute atomic E-state index is 12.7. The van der Waals surface area contributed by atoms with Crippen molar-refractivity contribution < 1.29 is 19.2 Å². The number of piperazine rings is 1. The van der Waals surface area contributed by atoms with Crippen molar-refractivity contribution in [2.75, 3.05) is 18.0 Å². The topological polar surface area (TPSA) is 98.8 Å². The highest BCUT2D eigenvalue weighted by Crippen LogP contribution is 2.46. The Morgan fingerprint density at radius 1 is 1.18 bits per heavy atom. The van der Waals surface area contributed by atoms with Crippen molar-refractivity contribution in [1.82, 2.24) is 15.5 Å². The van der Waals surface area contributed by atoms with Gasteiger partial charge in [0.1, 0.15) is 6.04 Å². The SMILES string of the molecule is O=CC(=O)C1c2c(cccc2N2C3CNCC2C3)CN1C1CCC(=O)NC1=O. The Labute approximate surface area is 162 Å². The van der Waals surface area contributed by atoms with E-state index in [2.05, 4.69) is 15.5 Å². The van der Waals surface area contributed by atoms with Gasteiger partial charge in [0, 0.05) is 49.4 Å². The van der Waals surface area contributed by atoms with Crippen LogP contribution in [0.5, 0.6) is 0 Å². The third kappa shape index (κ3) is 2.51. The zero-order valence-corrected chi connectivity index (χ0v) is 15.4. The minimum absolute atomic E-state index is 0.236. The Morgan fingerprint density at radius 3 is 2.64 bits per heavy atom. The molecular weight excluding hydrogens is 360 g/mol. The number of nitrogens with zero attached hydrogens (tertiary/aromatic N) is 2. The lowest BCUT2D eigenvalue weighted by molar-refractivity contribution is -0.141. The molecule has 2 N–H and O–H groups in total. The predicted molar refractivity (Wildman–Crippen MR) is 99.5 cm³/mol. The molecule has 1 aromatic rings. The van der Waals surface area contributed by atoms with E-state index in [0.29, 0.717) is 31.3 Å². The van der Waals surface area contributed by atoms with Gasteiger partial charge in [-0.25, -0.2) is 0 Å². The summed E-state index contributed by atoms with van der Waals surface area (Å²) in [6, 6.07) is 5.37. The van der Waals surface area contributed by atoms with Crippen LogP contribution in [0.2, 0.25) is 0 Å². The fourth-order valence-electron chi connectivity index (χ4n) is 5.27. The number of aldehydes is 1. The average Bonchev–Trinajstić information content (AvgIpc) is 3.08. The van der Waals surface area contributed by atoms with Crippen molar-refractivity contribution in [2.24, 2.45) is 0 Å². The van der Waals surface area contributed by atoms with Crippen molar-refractivity contribution in [2.45, 2.75) is 50.0 Å². The van der Waals surface area contributed by atoms with E-state index < -0.39 is 17.9 Å². The molecule has 0 aromatic heterocycles. The molecule has 1 aromatic carbocycles. The highest BCUT2D eigenvalue weighted by Gasteiger charge is 2.48. The summed E-state index contributed by atoms with van der Waals surface area (Å²) in [6.45, 7) is 2.23. The van der Waals surface area contributed by atoms with Gasteiger partial charge in [0.25, 0.3) is 0 Å². The van der Waals surface area contributed by atoms with Gasteiger partial charge in [0.15, 0.2) is 6.29 Å². The van der Waals surface area contributed by atoms with E-state index in [1.54, 1.807) is 4.90 Å². The summed E-state index contributed by atoms with van der Waals surface area (Å²) in [4.78, 5) is 52.3. The average molecular weight is 382 g/mol. The summed E-state index contributed by atoms with van der Waals surface area (Å²) in [5.74, 6) is -1.23. The molecule has 3 fully saturated rings. The van der Waals surface area contributed by atoms with Crippen molar-refractivity contribution in [3.8, 4) is 0 Å². The second-order valence-corrected chi connectivity index (χ2v) is 8.02. The van der Waals surface area contributed by atoms with Crippen LogP contribution in [0.1, 0.15) is 36.4 Å². The van der Waals surface area contributed by atoms with Crippen LogP contribution >= 0.6 is 0 Å². The van der Waals surface area contributed by atoms with Crippen LogP contribution in [0.4, 0.5) is 5.69 Å². The molecular formula is C20H22N4O4. The minimum Gasteiger partial charge on any atom is -0.363 e. The molecule has 0 aliphatic carbocycles. The first-order chi connectivity index (χ1) is 13.6. The first-order valence-electron chi connectivity index (χ1n) is 9.77. The number of carbonyl (C=O) groups excluding carboxylic acids is 4. The van der Waals surface area contributed by atoms with Crippen molar-refractivity contribution in [1.29, 1.82) is 0 Å². The lowest BCUT2D eigenvalue weighted by Crippen LogP contribution is -2.68. The van der Waals surface area contributed by atoms with Gasteiger partial charge in [-0.05, 0) is 24.5 Å². The molecule has 2 amide bonds. The third-order valence-electron chi connectivity index (χ3n) is 6.50. The van der Waals surface area contributed by atoms with E-state index in [9.17, 15) is 19.2 Å². The maximum Gasteiger partial charge on any atom is 0.243 e. The largest absolute Gasteiger partial charge is 0.363 e. The highest BCUT2D eigenvalue weighted by molar-refractivity contribution is 6.28. The van der Waals surface area contributed by atoms with Crippen LogP contribution in [-0.4, -0.2) is 60.0 Å². The van der Waals surface area contributed by atoms with Gasteiger partial charge in [0.2, 0.25) is 17.6 Å². The number of fused-ring (bicyclic) bond motifs is 3. The van der Waals surface area contributed by atoms with Crippen LogP contribution in [0.3, 0.4) is 0 Å². The van der Waals surface area contributed by atoms with E-state index in [0.717, 1.165) is 36.3 Å². The van der Waals surface area contributed by atoms with Gasteiger partial charge < -0.3 is 10.2 Å². The molecule has 4 aliphatic rings. The maximum atomic E-state index is 12.7. The molecule has 4 atom stereocenters. The predicted octanol–water partition coefficient (Wildman–Crippen LogP) is -0.333. The van der Waals surface area contributed by atoms with Crippen molar-refractivity contribution in [3.05, 3.63) is 29.3 Å². The fraction of sp³-hybridized carbons (Fsp3) is 0.500. The minimum atomic E-state index is -0.776. The Balaban J connectivity index is 1.55. The molecule has 0 spiro atoms. The molecule has 4 heterocycles. The number of rotatable bonds is 4. The van der Waals surface area contributed by atoms with Gasteiger partial charge in [-0.3, -0.25) is 29.4 Å². The monoisotopic (exact) mass is 382 g/mol. The lowest BCUT2D eigenvalue weighted by Gasteiger charge is -2.55. The second-order valence-electron chi connectivity index (χ2n) is 8.02. The molecule has 2 bridgehead atoms. The molecule has 4 aliphatic heterocycles. The molecule has 8 heteroatoms. The number of carbonyl (C=O) groups is 4. The first kappa shape index (κ1) is 17.5. The van der Waals surface area contributed by atoms with Crippen LogP contribution in [0.15, 0.2) is 18.2 Å². The van der Waals surface area contributed by atoms with Gasteiger partial charge in [-0.15, -0.1) is 0 Å². The first-order valence-corrected chi connectivity index (χ1v) is 9.77. The number of amides is 2. The number of benzene rings is 1. The third-order valence-corrected chi connectivity index (χ3v) is 6.50. The Morgan fingerprint density at radius 2 is 1.96 bits per heavy atom. The standard InChI is InChI=1S/C20H22N4O4/c25-10-16(26)19-18-11(9-23(19)15-4-5-17(27)22-20(15)28)2-1-3-14(18)24-12-6-13(24)8-21-7-12/h1-3,10,12-13,15,19,21H,4-9H2,(H,22,27,28). The molecule has 146 valence electrons. The smallest absolute Gasteiger partial charge is 0.243 e. The van der Waals surface area contributed by atoms with Crippen molar-refractivity contribution in [3.63, 3.8) is 0 Å². The number of imide groups is 1. The molecule has 8 nitrogen and oxygen atoms in total. The fourth-order valence-corrected chi connectivity index (χ4v) is 5.27. The Bertz CT molecular complexity index is 871. The lowest BCUT2D eigenvalue weighted by atomic mass is 9.85. The van der Waals surface area contributed by atoms with Crippen LogP contribution < -0.4 is 15.5 Å². The number of piperidine rings is 2. The number of nitrogens with one attached hydrogen (secondary N) is 2. The zero-order chi connectivity index (χ0) is 19.4. The van der Waals surface area contributed by atoms with E-state index >= 15 is 0 Å². The summed E-state index contributed by atoms with van der Waals surface area (Å²) in [5, 5.41) is 5.77. The van der Waals surface area contributed by atoms with Crippen LogP contribution in [0, 0.1) is 0 Å². The van der Waals surface area contributed by atoms with Gasteiger partial charge in [-0.1, -0.05) is 12.1 Å². The Hall–Kier alpha value is -2.58. The number of anilines is 1. The van der Waals surface area contributed by atoms with E-state index in [1.807, 2.05) is 18.2 Å². The summed E-state index contributed by atoms with van der Waals surface area (Å²) in [7, 11) is 0. The van der Waals surface area contributed by atoms with Gasteiger partial charge in [0.05, 0.1) is 6.04 Å². The number of Topliss-reactive ketones (excluding diaryl/α,β-unsaturated/α-hetero) is 1.